The van der Waals surface area contributed by atoms with Gasteiger partial charge in [-0.25, -0.2) is 19.9 Å². The van der Waals surface area contributed by atoms with Crippen molar-refractivity contribution in [2.24, 2.45) is 0 Å². The van der Waals surface area contributed by atoms with Gasteiger partial charge in [-0.2, -0.15) is 0 Å². The Balaban J connectivity index is 0.800. The molecule has 420 valence electrons. The molecule has 0 fully saturated rings. The third kappa shape index (κ3) is 7.86. The first-order valence-electron chi connectivity index (χ1n) is 30.7. The molecule has 0 amide bonds. The van der Waals surface area contributed by atoms with Gasteiger partial charge in [-0.3, -0.25) is 9.47 Å². The van der Waals surface area contributed by atoms with Gasteiger partial charge < -0.3 is 9.13 Å². The van der Waals surface area contributed by atoms with Gasteiger partial charge in [0.05, 0.1) is 61.8 Å². The van der Waals surface area contributed by atoms with Gasteiger partial charge >= 0.3 is 0 Å². The van der Waals surface area contributed by atoms with Gasteiger partial charge in [-0.15, -0.1) is 0 Å². The van der Waals surface area contributed by atoms with Crippen LogP contribution in [0, 0.1) is 0 Å². The largest absolute Gasteiger partial charge is 0.315 e. The SMILES string of the molecule is CC12C=Cc3c(n(C4=CC=CCC4c4cccc(-c5cc(-c6ccccc6)nc(-n6c7ccccc7c7ccc8c(c9ccccc9n8-c8ccccc8)c76)n5)c4)c4ccccc34)C1c1ccccc1N2c1nc(-c2ccccc2)cc(-c2ccccc2)n1. The quantitative estimate of drug-likeness (QED) is 0.144. The number of hydrogen-bond acceptors (Lipinski definition) is 5. The van der Waals surface area contributed by atoms with Gasteiger partial charge in [0.2, 0.25) is 11.9 Å². The van der Waals surface area contributed by atoms with Crippen LogP contribution in [0.5, 0.6) is 0 Å². The molecule has 3 aliphatic rings. The Bertz CT molecular complexity index is 5380. The molecule has 15 aromatic rings. The second-order valence-electron chi connectivity index (χ2n) is 23.8. The van der Waals surface area contributed by atoms with E-state index in [1.54, 1.807) is 0 Å². The van der Waals surface area contributed by atoms with Gasteiger partial charge in [0.15, 0.2) is 0 Å². The Morgan fingerprint density at radius 3 is 1.64 bits per heavy atom. The van der Waals surface area contributed by atoms with Crippen LogP contribution < -0.4 is 4.90 Å². The van der Waals surface area contributed by atoms with Gasteiger partial charge in [0.1, 0.15) is 0 Å². The average molecular weight is 1140 g/mol. The van der Waals surface area contributed by atoms with Gasteiger partial charge in [0, 0.05) is 83.4 Å². The number of rotatable bonds is 9. The molecule has 5 aromatic heterocycles. The van der Waals surface area contributed by atoms with Crippen molar-refractivity contribution in [3.8, 4) is 56.7 Å². The third-order valence-electron chi connectivity index (χ3n) is 18.9. The highest BCUT2D eigenvalue weighted by atomic mass is 15.3. The van der Waals surface area contributed by atoms with E-state index in [0.717, 1.165) is 101 Å². The first kappa shape index (κ1) is 50.8. The molecule has 0 N–H and O–H groups in total. The van der Waals surface area contributed by atoms with E-state index in [1.165, 1.54) is 44.4 Å². The van der Waals surface area contributed by atoms with Crippen LogP contribution in [-0.2, 0) is 0 Å². The zero-order valence-electron chi connectivity index (χ0n) is 48.7. The maximum Gasteiger partial charge on any atom is 0.235 e. The Morgan fingerprint density at radius 1 is 0.427 bits per heavy atom. The number of fused-ring (bicyclic) bond motifs is 14. The average Bonchev–Trinajstić information content (AvgIpc) is 1.55. The van der Waals surface area contributed by atoms with E-state index in [4.69, 9.17) is 19.9 Å². The Labute approximate surface area is 514 Å². The normalized spacial score (nSPS) is 16.8. The summed E-state index contributed by atoms with van der Waals surface area (Å²) in [4.78, 5) is 24.7. The third-order valence-corrected chi connectivity index (χ3v) is 18.9. The Kier molecular flexibility index (Phi) is 11.4. The molecular formula is C81H56N8. The van der Waals surface area contributed by atoms with E-state index in [-0.39, 0.29) is 11.8 Å². The Morgan fingerprint density at radius 2 is 0.966 bits per heavy atom. The van der Waals surface area contributed by atoms with Crippen molar-refractivity contribution in [1.29, 1.82) is 0 Å². The molecule has 0 saturated carbocycles. The molecule has 0 bridgehead atoms. The van der Waals surface area contributed by atoms with Crippen LogP contribution in [0.15, 0.2) is 291 Å². The molecule has 10 aromatic carbocycles. The smallest absolute Gasteiger partial charge is 0.235 e. The predicted molar refractivity (Wildman–Crippen MR) is 365 cm³/mol. The second kappa shape index (κ2) is 20.1. The first-order valence-corrected chi connectivity index (χ1v) is 30.7. The monoisotopic (exact) mass is 1140 g/mol. The molecule has 18 rings (SSSR count). The van der Waals surface area contributed by atoms with Crippen LogP contribution in [0.1, 0.15) is 47.6 Å². The first-order chi connectivity index (χ1) is 44.0. The molecule has 0 spiro atoms. The van der Waals surface area contributed by atoms with E-state index in [0.29, 0.717) is 11.9 Å². The molecule has 0 radical (unpaired) electrons. The van der Waals surface area contributed by atoms with E-state index < -0.39 is 5.54 Å². The van der Waals surface area contributed by atoms with Crippen LogP contribution in [-0.4, -0.2) is 39.2 Å². The van der Waals surface area contributed by atoms with E-state index in [1.807, 2.05) is 0 Å². The summed E-state index contributed by atoms with van der Waals surface area (Å²) < 4.78 is 7.32. The highest BCUT2D eigenvalue weighted by Gasteiger charge is 2.53. The van der Waals surface area contributed by atoms with Crippen molar-refractivity contribution < 1.29 is 0 Å². The van der Waals surface area contributed by atoms with Crippen LogP contribution >= 0.6 is 0 Å². The molecule has 2 aliphatic carbocycles. The summed E-state index contributed by atoms with van der Waals surface area (Å²) in [5, 5.41) is 5.85. The molecule has 89 heavy (non-hydrogen) atoms. The minimum Gasteiger partial charge on any atom is -0.315 e. The number of hydrogen-bond donors (Lipinski definition) is 0. The zero-order valence-corrected chi connectivity index (χ0v) is 48.7. The fourth-order valence-electron chi connectivity index (χ4n) is 15.0. The summed E-state index contributed by atoms with van der Waals surface area (Å²) >= 11 is 0. The van der Waals surface area contributed by atoms with Crippen LogP contribution in [0.25, 0.3) is 123 Å². The number of anilines is 2. The van der Waals surface area contributed by atoms with Crippen molar-refractivity contribution in [2.45, 2.75) is 30.7 Å². The topological polar surface area (TPSA) is 69.6 Å². The highest BCUT2D eigenvalue weighted by Crippen LogP contribution is 2.59. The van der Waals surface area contributed by atoms with Crippen LogP contribution in [0.4, 0.5) is 11.6 Å². The van der Waals surface area contributed by atoms with Gasteiger partial charge in [-0.1, -0.05) is 231 Å². The second-order valence-corrected chi connectivity index (χ2v) is 23.8. The molecule has 1 aliphatic heterocycles. The number of benzene rings is 10. The molecule has 6 heterocycles. The summed E-state index contributed by atoms with van der Waals surface area (Å²) in [6.45, 7) is 2.38. The summed E-state index contributed by atoms with van der Waals surface area (Å²) in [6.07, 6.45) is 12.5. The fraction of sp³-hybridized carbons (Fsp3) is 0.0617. The van der Waals surface area contributed by atoms with E-state index >= 15 is 0 Å². The van der Waals surface area contributed by atoms with Crippen molar-refractivity contribution >= 4 is 77.9 Å². The van der Waals surface area contributed by atoms with Crippen LogP contribution in [0.3, 0.4) is 0 Å². The van der Waals surface area contributed by atoms with Crippen LogP contribution in [0.2, 0.25) is 0 Å². The lowest BCUT2D eigenvalue weighted by Crippen LogP contribution is -2.44. The van der Waals surface area contributed by atoms with Crippen molar-refractivity contribution in [3.63, 3.8) is 0 Å². The minimum absolute atomic E-state index is 0.00783. The van der Waals surface area contributed by atoms with E-state index in [9.17, 15) is 0 Å². The number of aromatic nitrogens is 7. The summed E-state index contributed by atoms with van der Waals surface area (Å²) in [5.74, 6) is 1.18. The van der Waals surface area contributed by atoms with E-state index in [2.05, 4.69) is 323 Å². The summed E-state index contributed by atoms with van der Waals surface area (Å²) in [6, 6.07) is 95.6. The molecule has 0 saturated heterocycles. The van der Waals surface area contributed by atoms with Gasteiger partial charge in [-0.05, 0) is 91.2 Å². The summed E-state index contributed by atoms with van der Waals surface area (Å²) in [7, 11) is 0. The molecule has 3 unspecified atom stereocenters. The van der Waals surface area contributed by atoms with Crippen molar-refractivity contribution in [2.75, 3.05) is 4.90 Å². The maximum absolute atomic E-state index is 5.71. The standard InChI is InChI=1S/C81H56N8/c1-81-48-47-62-60-37-15-20-41-70(60)87(78(62)76(81)64-39-18-23-44-73(64)89(81)80-84-66(53-27-8-3-9-28-53)50-67(85-80)54-29-10-4-11-30-54)69-40-19-14-35-58(69)55-31-24-32-56(49-55)68-51-65(52-25-6-2-7-26-52)82-79(83-68)88-71-42-21-16-36-59(71)61-45-46-74-75(77(61)88)63-38-17-22-43-72(63)86(74)57-33-12-5-13-34-57/h2-34,36-51,58,76H,35H2,1H3. The zero-order chi connectivity index (χ0) is 58.7. The number of para-hydroxylation sites is 5. The molecule has 8 nitrogen and oxygen atoms in total. The lowest BCUT2D eigenvalue weighted by atomic mass is 9.75. The minimum atomic E-state index is -0.602. The Hall–Kier alpha value is -11.5. The molecule has 3 atom stereocenters. The highest BCUT2D eigenvalue weighted by molar-refractivity contribution is 6.26. The number of nitrogens with zero attached hydrogens (tertiary/aromatic N) is 8. The lowest BCUT2D eigenvalue weighted by molar-refractivity contribution is 0.512. The van der Waals surface area contributed by atoms with Gasteiger partial charge in [0.25, 0.3) is 0 Å². The molecule has 8 heteroatoms. The number of allylic oxidation sites excluding steroid dienone is 4. The fourth-order valence-corrected chi connectivity index (χ4v) is 15.0. The lowest BCUT2D eigenvalue weighted by Gasteiger charge is -2.40. The maximum atomic E-state index is 5.71. The molecular weight excluding hydrogens is 1080 g/mol. The predicted octanol–water partition coefficient (Wildman–Crippen LogP) is 19.7. The summed E-state index contributed by atoms with van der Waals surface area (Å²) in [5.41, 5.74) is 20.9. The van der Waals surface area contributed by atoms with Crippen molar-refractivity contribution in [3.05, 3.63) is 314 Å². The van der Waals surface area contributed by atoms with Crippen molar-refractivity contribution in [1.82, 2.24) is 33.6 Å².